The largest absolute Gasteiger partial charge is 0.490 e. The van der Waals surface area contributed by atoms with E-state index in [1.54, 1.807) is 30.3 Å². The van der Waals surface area contributed by atoms with E-state index >= 15 is 0 Å². The van der Waals surface area contributed by atoms with Gasteiger partial charge in [-0.2, -0.15) is 5.26 Å². The molecule has 0 aliphatic heterocycles. The van der Waals surface area contributed by atoms with Crippen LogP contribution in [0.4, 0.5) is 5.69 Å². The van der Waals surface area contributed by atoms with E-state index in [1.165, 1.54) is 6.08 Å². The van der Waals surface area contributed by atoms with Crippen molar-refractivity contribution in [1.82, 2.24) is 0 Å². The van der Waals surface area contributed by atoms with Crippen molar-refractivity contribution in [3.63, 3.8) is 0 Å². The minimum atomic E-state index is -0.521. The van der Waals surface area contributed by atoms with Gasteiger partial charge in [-0.25, -0.2) is 0 Å². The van der Waals surface area contributed by atoms with Gasteiger partial charge >= 0.3 is 0 Å². The molecule has 0 saturated heterocycles. The van der Waals surface area contributed by atoms with Gasteiger partial charge in [0.15, 0.2) is 11.5 Å². The Labute approximate surface area is 216 Å². The van der Waals surface area contributed by atoms with Crippen LogP contribution in [0.1, 0.15) is 18.1 Å². The van der Waals surface area contributed by atoms with Crippen molar-refractivity contribution in [2.75, 3.05) is 11.9 Å². The predicted octanol–water partition coefficient (Wildman–Crippen LogP) is 7.12. The third-order valence-electron chi connectivity index (χ3n) is 4.44. The number of rotatable bonds is 8. The summed E-state index contributed by atoms with van der Waals surface area (Å²) in [4.78, 5) is 12.6. The van der Waals surface area contributed by atoms with Gasteiger partial charge in [0.05, 0.1) is 11.6 Å². The number of nitrogens with zero attached hydrogens (tertiary/aromatic N) is 1. The highest BCUT2D eigenvalue weighted by atomic mass is 127. The monoisotopic (exact) mass is 592 g/mol. The molecule has 1 N–H and O–H groups in total. The molecule has 0 fully saturated rings. The lowest BCUT2D eigenvalue weighted by Gasteiger charge is -2.15. The number of halogens is 3. The molecule has 0 heterocycles. The van der Waals surface area contributed by atoms with Gasteiger partial charge in [0.25, 0.3) is 5.91 Å². The summed E-state index contributed by atoms with van der Waals surface area (Å²) in [6.45, 7) is 2.42. The first-order valence-electron chi connectivity index (χ1n) is 9.92. The summed E-state index contributed by atoms with van der Waals surface area (Å²) in [5.74, 6) is 0.239. The van der Waals surface area contributed by atoms with Crippen LogP contribution < -0.4 is 14.8 Å². The Hall–Kier alpha value is -2.73. The maximum atomic E-state index is 12.6. The summed E-state index contributed by atoms with van der Waals surface area (Å²) < 4.78 is 12.6. The zero-order valence-electron chi connectivity index (χ0n) is 17.6. The highest BCUT2D eigenvalue weighted by Crippen LogP contribution is 2.38. The van der Waals surface area contributed by atoms with Gasteiger partial charge < -0.3 is 14.8 Å². The molecule has 0 unspecified atom stereocenters. The van der Waals surface area contributed by atoms with Crippen molar-refractivity contribution < 1.29 is 14.3 Å². The van der Waals surface area contributed by atoms with E-state index in [1.807, 2.05) is 43.3 Å². The Morgan fingerprint density at radius 1 is 1.09 bits per heavy atom. The second-order valence-electron chi connectivity index (χ2n) is 6.77. The molecule has 0 radical (unpaired) electrons. The molecule has 0 bridgehead atoms. The van der Waals surface area contributed by atoms with Gasteiger partial charge in [-0.1, -0.05) is 41.4 Å². The van der Waals surface area contributed by atoms with Gasteiger partial charge in [-0.3, -0.25) is 4.79 Å². The summed E-state index contributed by atoms with van der Waals surface area (Å²) in [5.41, 5.74) is 1.86. The Morgan fingerprint density at radius 2 is 1.82 bits per heavy atom. The second-order valence-corrected chi connectivity index (χ2v) is 8.83. The van der Waals surface area contributed by atoms with Crippen molar-refractivity contribution in [3.05, 3.63) is 91.0 Å². The zero-order valence-corrected chi connectivity index (χ0v) is 21.2. The number of carbonyl (C=O) groups is 1. The molecule has 3 aromatic carbocycles. The first-order valence-corrected chi connectivity index (χ1v) is 11.8. The molecule has 5 nitrogen and oxygen atoms in total. The molecule has 1 amide bonds. The van der Waals surface area contributed by atoms with E-state index in [9.17, 15) is 10.1 Å². The lowest BCUT2D eigenvalue weighted by Crippen LogP contribution is -2.13. The third-order valence-corrected chi connectivity index (χ3v) is 5.81. The standard InChI is InChI=1S/C25H19Cl2IN2O3/c1-2-32-23-13-16(11-18(14-29)25(31)30-20-9-7-19(28)8-10-20)12-22(27)24(23)33-15-17-5-3-4-6-21(17)26/h3-13H,2,15H2,1H3,(H,30,31)/b18-11+. The van der Waals surface area contributed by atoms with Crippen molar-refractivity contribution in [3.8, 4) is 17.6 Å². The zero-order chi connectivity index (χ0) is 23.8. The van der Waals surface area contributed by atoms with Crippen LogP contribution in [0, 0.1) is 14.9 Å². The first kappa shape index (κ1) is 24.9. The SMILES string of the molecule is CCOc1cc(/C=C(\C#N)C(=O)Nc2ccc(I)cc2)cc(Cl)c1OCc1ccccc1Cl. The molecule has 8 heteroatoms. The van der Waals surface area contributed by atoms with E-state index in [4.69, 9.17) is 32.7 Å². The fourth-order valence-electron chi connectivity index (χ4n) is 2.89. The number of hydrogen-bond acceptors (Lipinski definition) is 4. The van der Waals surface area contributed by atoms with E-state index in [-0.39, 0.29) is 17.2 Å². The number of hydrogen-bond donors (Lipinski definition) is 1. The number of benzene rings is 3. The molecule has 168 valence electrons. The number of nitriles is 1. The van der Waals surface area contributed by atoms with Gasteiger partial charge in [0.1, 0.15) is 18.2 Å². The summed E-state index contributed by atoms with van der Waals surface area (Å²) in [6, 6.07) is 19.8. The molecule has 3 aromatic rings. The summed E-state index contributed by atoms with van der Waals surface area (Å²) in [6.07, 6.45) is 1.45. The fourth-order valence-corrected chi connectivity index (χ4v) is 3.71. The van der Waals surface area contributed by atoms with Crippen LogP contribution in [0.5, 0.6) is 11.5 Å². The van der Waals surface area contributed by atoms with E-state index in [2.05, 4.69) is 27.9 Å². The summed E-state index contributed by atoms with van der Waals surface area (Å²) >= 11 is 14.9. The Kier molecular flexibility index (Phi) is 9.01. The molecule has 33 heavy (non-hydrogen) atoms. The third kappa shape index (κ3) is 6.87. The molecule has 0 aliphatic rings. The highest BCUT2D eigenvalue weighted by molar-refractivity contribution is 14.1. The molecule has 0 saturated carbocycles. The van der Waals surface area contributed by atoms with Gasteiger partial charge in [0, 0.05) is 19.8 Å². The number of ether oxygens (including phenoxy) is 2. The smallest absolute Gasteiger partial charge is 0.266 e. The molecular formula is C25H19Cl2IN2O3. The topological polar surface area (TPSA) is 71.3 Å². The van der Waals surface area contributed by atoms with Crippen LogP contribution in [0.25, 0.3) is 6.08 Å². The second kappa shape index (κ2) is 11.9. The van der Waals surface area contributed by atoms with E-state index in [0.29, 0.717) is 34.4 Å². The van der Waals surface area contributed by atoms with Crippen LogP contribution in [-0.4, -0.2) is 12.5 Å². The lowest BCUT2D eigenvalue weighted by atomic mass is 10.1. The van der Waals surface area contributed by atoms with E-state index < -0.39 is 5.91 Å². The summed E-state index contributed by atoms with van der Waals surface area (Å²) in [7, 11) is 0. The van der Waals surface area contributed by atoms with Crippen molar-refractivity contribution in [2.45, 2.75) is 13.5 Å². The normalized spacial score (nSPS) is 10.9. The predicted molar refractivity (Wildman–Crippen MR) is 140 cm³/mol. The summed E-state index contributed by atoms with van der Waals surface area (Å²) in [5, 5.41) is 13.1. The van der Waals surface area contributed by atoms with E-state index in [0.717, 1.165) is 9.13 Å². The van der Waals surface area contributed by atoms with Gasteiger partial charge in [-0.15, -0.1) is 0 Å². The quantitative estimate of drug-likeness (QED) is 0.172. The van der Waals surface area contributed by atoms with Crippen molar-refractivity contribution in [1.29, 1.82) is 5.26 Å². The van der Waals surface area contributed by atoms with Crippen LogP contribution in [-0.2, 0) is 11.4 Å². The fraction of sp³-hybridized carbons (Fsp3) is 0.120. The molecule has 0 atom stereocenters. The lowest BCUT2D eigenvalue weighted by molar-refractivity contribution is -0.112. The first-order chi connectivity index (χ1) is 15.9. The maximum Gasteiger partial charge on any atom is 0.266 e. The van der Waals surface area contributed by atoms with Crippen LogP contribution >= 0.6 is 45.8 Å². The molecule has 0 spiro atoms. The Balaban J connectivity index is 1.85. The average molecular weight is 593 g/mol. The Morgan fingerprint density at radius 3 is 2.48 bits per heavy atom. The minimum Gasteiger partial charge on any atom is -0.490 e. The molecule has 0 aromatic heterocycles. The molecular weight excluding hydrogens is 574 g/mol. The number of carbonyl (C=O) groups excluding carboxylic acids is 1. The van der Waals surface area contributed by atoms with Crippen molar-refractivity contribution >= 4 is 63.5 Å². The molecule has 0 aliphatic carbocycles. The Bertz CT molecular complexity index is 1220. The van der Waals surface area contributed by atoms with Gasteiger partial charge in [-0.05, 0) is 83.6 Å². The highest BCUT2D eigenvalue weighted by Gasteiger charge is 2.15. The van der Waals surface area contributed by atoms with Gasteiger partial charge in [0.2, 0.25) is 0 Å². The maximum absolute atomic E-state index is 12.6. The van der Waals surface area contributed by atoms with Crippen molar-refractivity contribution in [2.24, 2.45) is 0 Å². The average Bonchev–Trinajstić information content (AvgIpc) is 2.79. The van der Waals surface area contributed by atoms with Crippen LogP contribution in [0.15, 0.2) is 66.2 Å². The van der Waals surface area contributed by atoms with Crippen LogP contribution in [0.2, 0.25) is 10.0 Å². The number of anilines is 1. The minimum absolute atomic E-state index is 0.0724. The van der Waals surface area contributed by atoms with Crippen LogP contribution in [0.3, 0.4) is 0 Å². The number of nitrogens with one attached hydrogen (secondary N) is 1. The number of amides is 1. The molecule has 3 rings (SSSR count).